The van der Waals surface area contributed by atoms with E-state index >= 15 is 0 Å². The minimum absolute atomic E-state index is 0.0304. The van der Waals surface area contributed by atoms with Crippen molar-refractivity contribution in [2.45, 2.75) is 32.1 Å². The molecule has 30 heavy (non-hydrogen) atoms. The molecule has 156 valence electrons. The minimum Gasteiger partial charge on any atom is -0.352 e. The number of nitrogens with zero attached hydrogens (tertiary/aromatic N) is 1. The Hall–Kier alpha value is -2.88. The number of likely N-dealkylation sites (tertiary alicyclic amines) is 1. The first-order valence-corrected chi connectivity index (χ1v) is 10.9. The Morgan fingerprint density at radius 2 is 1.77 bits per heavy atom. The number of carbonyl (C=O) groups is 2. The minimum atomic E-state index is -0.583. The summed E-state index contributed by atoms with van der Waals surface area (Å²) in [4.78, 5) is 27.9. The van der Waals surface area contributed by atoms with Crippen LogP contribution in [0.1, 0.15) is 31.2 Å². The largest absolute Gasteiger partial charge is 0.352 e. The van der Waals surface area contributed by atoms with Crippen LogP contribution in [0.3, 0.4) is 0 Å². The zero-order chi connectivity index (χ0) is 21.0. The summed E-state index contributed by atoms with van der Waals surface area (Å²) in [5, 5.41) is 3.01. The van der Waals surface area contributed by atoms with Gasteiger partial charge in [-0.2, -0.15) is 0 Å². The van der Waals surface area contributed by atoms with Crippen molar-refractivity contribution in [2.75, 3.05) is 19.6 Å². The Balaban J connectivity index is 1.55. The van der Waals surface area contributed by atoms with Gasteiger partial charge in [0, 0.05) is 25.6 Å². The van der Waals surface area contributed by atoms with Crippen molar-refractivity contribution in [1.82, 2.24) is 10.2 Å². The van der Waals surface area contributed by atoms with Crippen LogP contribution in [0.15, 0.2) is 67.3 Å². The molecule has 0 spiro atoms. The maximum absolute atomic E-state index is 13.2. The lowest BCUT2D eigenvalue weighted by molar-refractivity contribution is -0.142. The lowest BCUT2D eigenvalue weighted by atomic mass is 9.74. The van der Waals surface area contributed by atoms with Crippen LogP contribution in [0.4, 0.5) is 0 Å². The number of amides is 2. The van der Waals surface area contributed by atoms with Gasteiger partial charge in [-0.05, 0) is 48.8 Å². The zero-order valence-electron chi connectivity index (χ0n) is 17.5. The molecule has 0 aromatic heterocycles. The van der Waals surface area contributed by atoms with E-state index in [2.05, 4.69) is 48.3 Å². The zero-order valence-corrected chi connectivity index (χ0v) is 17.5. The van der Waals surface area contributed by atoms with E-state index in [1.54, 1.807) is 6.08 Å². The van der Waals surface area contributed by atoms with E-state index in [-0.39, 0.29) is 17.7 Å². The lowest BCUT2D eigenvalue weighted by Gasteiger charge is -2.42. The van der Waals surface area contributed by atoms with Crippen LogP contribution in [0, 0.1) is 11.3 Å². The molecular formula is C26H30N2O2. The molecule has 1 aliphatic heterocycles. The van der Waals surface area contributed by atoms with Crippen LogP contribution in [0.5, 0.6) is 0 Å². The molecule has 0 bridgehead atoms. The molecule has 4 rings (SSSR count). The molecule has 2 aromatic carbocycles. The van der Waals surface area contributed by atoms with Crippen LogP contribution in [-0.2, 0) is 16.0 Å². The van der Waals surface area contributed by atoms with Gasteiger partial charge in [0.25, 0.3) is 0 Å². The van der Waals surface area contributed by atoms with Crippen LogP contribution in [-0.4, -0.2) is 36.3 Å². The summed E-state index contributed by atoms with van der Waals surface area (Å²) < 4.78 is 0. The van der Waals surface area contributed by atoms with E-state index in [0.29, 0.717) is 19.5 Å². The molecule has 0 unspecified atom stereocenters. The monoisotopic (exact) mass is 402 g/mol. The average molecular weight is 403 g/mol. The normalized spacial score (nSPS) is 21.1. The second kappa shape index (κ2) is 8.86. The van der Waals surface area contributed by atoms with E-state index in [1.165, 1.54) is 11.1 Å². The predicted octanol–water partition coefficient (Wildman–Crippen LogP) is 4.22. The second-order valence-electron chi connectivity index (χ2n) is 8.66. The Labute approximate surface area is 179 Å². The Morgan fingerprint density at radius 1 is 1.07 bits per heavy atom. The first kappa shape index (κ1) is 20.4. The molecule has 1 saturated heterocycles. The molecule has 1 aliphatic carbocycles. The highest BCUT2D eigenvalue weighted by atomic mass is 16.2. The number of piperidine rings is 1. The highest BCUT2D eigenvalue weighted by molar-refractivity contribution is 5.86. The molecule has 1 saturated carbocycles. The topological polar surface area (TPSA) is 49.4 Å². The first-order chi connectivity index (χ1) is 14.6. The van der Waals surface area contributed by atoms with Crippen molar-refractivity contribution < 1.29 is 9.59 Å². The molecule has 1 atom stereocenters. The van der Waals surface area contributed by atoms with E-state index in [9.17, 15) is 9.59 Å². The third-order valence-corrected chi connectivity index (χ3v) is 6.31. The number of nitrogens with one attached hydrogen (secondary N) is 1. The van der Waals surface area contributed by atoms with E-state index in [1.807, 2.05) is 23.1 Å². The molecule has 2 amide bonds. The van der Waals surface area contributed by atoms with Gasteiger partial charge in [-0.25, -0.2) is 0 Å². The third-order valence-electron chi connectivity index (χ3n) is 6.31. The van der Waals surface area contributed by atoms with Crippen molar-refractivity contribution in [3.05, 3.63) is 72.8 Å². The summed E-state index contributed by atoms with van der Waals surface area (Å²) in [6, 6.07) is 18.8. The maximum atomic E-state index is 13.2. The lowest BCUT2D eigenvalue weighted by Crippen LogP contribution is -2.54. The maximum Gasteiger partial charge on any atom is 0.228 e. The SMILES string of the molecule is C=CCNC(=O)[C@@]1(Cc2ccc(-c3ccccc3)cc2)CCCN(C(=O)C2CC2)C1. The van der Waals surface area contributed by atoms with Gasteiger partial charge in [-0.15, -0.1) is 6.58 Å². The van der Waals surface area contributed by atoms with Crippen LogP contribution < -0.4 is 5.32 Å². The van der Waals surface area contributed by atoms with Crippen molar-refractivity contribution in [3.63, 3.8) is 0 Å². The molecule has 2 aliphatic rings. The fourth-order valence-electron chi connectivity index (χ4n) is 4.51. The Kier molecular flexibility index (Phi) is 6.03. The van der Waals surface area contributed by atoms with Gasteiger partial charge in [0.1, 0.15) is 0 Å². The summed E-state index contributed by atoms with van der Waals surface area (Å²) in [6.45, 7) is 5.44. The third kappa shape index (κ3) is 4.48. The van der Waals surface area contributed by atoms with Gasteiger partial charge in [-0.1, -0.05) is 60.7 Å². The molecule has 2 fully saturated rings. The van der Waals surface area contributed by atoms with E-state index in [0.717, 1.165) is 37.8 Å². The van der Waals surface area contributed by atoms with Crippen LogP contribution in [0.2, 0.25) is 0 Å². The fraction of sp³-hybridized carbons (Fsp3) is 0.385. The summed E-state index contributed by atoms with van der Waals surface area (Å²) in [6.07, 6.45) is 5.99. The smallest absolute Gasteiger partial charge is 0.228 e. The fourth-order valence-corrected chi connectivity index (χ4v) is 4.51. The summed E-state index contributed by atoms with van der Waals surface area (Å²) in [7, 11) is 0. The molecule has 1 heterocycles. The van der Waals surface area contributed by atoms with Crippen LogP contribution in [0.25, 0.3) is 11.1 Å². The quantitative estimate of drug-likeness (QED) is 0.705. The highest BCUT2D eigenvalue weighted by Gasteiger charge is 2.45. The number of rotatable bonds is 7. The molecule has 4 heteroatoms. The van der Waals surface area contributed by atoms with E-state index < -0.39 is 5.41 Å². The van der Waals surface area contributed by atoms with Gasteiger partial charge < -0.3 is 10.2 Å². The summed E-state index contributed by atoms with van der Waals surface area (Å²) in [5.41, 5.74) is 2.89. The van der Waals surface area contributed by atoms with Gasteiger partial charge in [0.15, 0.2) is 0 Å². The number of hydrogen-bond donors (Lipinski definition) is 1. The molecular weight excluding hydrogens is 372 g/mol. The number of hydrogen-bond acceptors (Lipinski definition) is 2. The van der Waals surface area contributed by atoms with Crippen LogP contribution >= 0.6 is 0 Å². The van der Waals surface area contributed by atoms with Gasteiger partial charge in [0.05, 0.1) is 5.41 Å². The predicted molar refractivity (Wildman–Crippen MR) is 120 cm³/mol. The van der Waals surface area contributed by atoms with Crippen molar-refractivity contribution >= 4 is 11.8 Å². The first-order valence-electron chi connectivity index (χ1n) is 10.9. The molecule has 2 aromatic rings. The molecule has 4 nitrogen and oxygen atoms in total. The van der Waals surface area contributed by atoms with Gasteiger partial charge >= 0.3 is 0 Å². The summed E-state index contributed by atoms with van der Waals surface area (Å²) >= 11 is 0. The molecule has 0 radical (unpaired) electrons. The Morgan fingerprint density at radius 3 is 2.43 bits per heavy atom. The molecule has 1 N–H and O–H groups in total. The van der Waals surface area contributed by atoms with Gasteiger partial charge in [-0.3, -0.25) is 9.59 Å². The van der Waals surface area contributed by atoms with E-state index in [4.69, 9.17) is 0 Å². The standard InChI is InChI=1S/C26H30N2O2/c1-2-16-27-25(30)26(15-6-17-28(19-26)24(29)23-13-14-23)18-20-9-11-22(12-10-20)21-7-4-3-5-8-21/h2-5,7-12,23H,1,6,13-19H2,(H,27,30)/t26-/m1/s1. The second-order valence-corrected chi connectivity index (χ2v) is 8.66. The number of carbonyl (C=O) groups excluding carboxylic acids is 2. The van der Waals surface area contributed by atoms with Crippen molar-refractivity contribution in [2.24, 2.45) is 11.3 Å². The number of benzene rings is 2. The Bertz CT molecular complexity index is 902. The highest BCUT2D eigenvalue weighted by Crippen LogP contribution is 2.38. The van der Waals surface area contributed by atoms with Crippen molar-refractivity contribution in [1.29, 1.82) is 0 Å². The van der Waals surface area contributed by atoms with Crippen molar-refractivity contribution in [3.8, 4) is 11.1 Å². The van der Waals surface area contributed by atoms with Gasteiger partial charge in [0.2, 0.25) is 11.8 Å². The summed E-state index contributed by atoms with van der Waals surface area (Å²) in [5.74, 6) is 0.444. The average Bonchev–Trinajstić information content (AvgIpc) is 3.64.